The molecule has 2 saturated heterocycles. The minimum atomic E-state index is -1.28. The maximum Gasteiger partial charge on any atom is 0.257 e. The standard InChI is InChI=1S/C16H18F2N2O3/c17-11-9-14(16(22)19-5-7-23-8-6-19)20(10-11)15(21)12-3-1-2-4-13(12)18/h1-4,11,14H,5-10H2/t11-,14+/m1/s1. The molecule has 2 heterocycles. The number of likely N-dealkylation sites (tertiary alicyclic amines) is 1. The van der Waals surface area contributed by atoms with Crippen LogP contribution in [-0.2, 0) is 9.53 Å². The Kier molecular flexibility index (Phi) is 4.56. The summed E-state index contributed by atoms with van der Waals surface area (Å²) in [6.07, 6.45) is -1.32. The normalized spacial score (nSPS) is 24.8. The van der Waals surface area contributed by atoms with Crippen molar-refractivity contribution >= 4 is 11.8 Å². The molecular formula is C16H18F2N2O3. The van der Waals surface area contributed by atoms with E-state index >= 15 is 0 Å². The molecule has 5 nitrogen and oxygen atoms in total. The molecule has 124 valence electrons. The van der Waals surface area contributed by atoms with E-state index in [-0.39, 0.29) is 24.4 Å². The van der Waals surface area contributed by atoms with E-state index in [9.17, 15) is 18.4 Å². The summed E-state index contributed by atoms with van der Waals surface area (Å²) in [6.45, 7) is 1.52. The number of morpholine rings is 1. The third kappa shape index (κ3) is 3.19. The molecule has 2 aliphatic heterocycles. The van der Waals surface area contributed by atoms with Gasteiger partial charge in [-0.05, 0) is 12.1 Å². The summed E-state index contributed by atoms with van der Waals surface area (Å²) < 4.78 is 32.9. The van der Waals surface area contributed by atoms with Gasteiger partial charge in [-0.3, -0.25) is 9.59 Å². The number of ether oxygens (including phenoxy) is 1. The Morgan fingerprint density at radius 2 is 1.87 bits per heavy atom. The van der Waals surface area contributed by atoms with E-state index in [4.69, 9.17) is 4.74 Å². The fraction of sp³-hybridized carbons (Fsp3) is 0.500. The van der Waals surface area contributed by atoms with Crippen molar-refractivity contribution in [3.05, 3.63) is 35.6 Å². The van der Waals surface area contributed by atoms with E-state index in [2.05, 4.69) is 0 Å². The van der Waals surface area contributed by atoms with Gasteiger partial charge in [0, 0.05) is 19.5 Å². The second-order valence-electron chi connectivity index (χ2n) is 5.72. The number of benzene rings is 1. The predicted molar refractivity (Wildman–Crippen MR) is 78.1 cm³/mol. The molecule has 1 aromatic rings. The van der Waals surface area contributed by atoms with E-state index in [1.54, 1.807) is 4.90 Å². The largest absolute Gasteiger partial charge is 0.378 e. The number of halogens is 2. The van der Waals surface area contributed by atoms with Crippen molar-refractivity contribution in [3.8, 4) is 0 Å². The van der Waals surface area contributed by atoms with Crippen molar-refractivity contribution in [2.24, 2.45) is 0 Å². The van der Waals surface area contributed by atoms with E-state index < -0.39 is 23.9 Å². The van der Waals surface area contributed by atoms with Gasteiger partial charge in [0.05, 0.1) is 25.3 Å². The molecule has 0 radical (unpaired) electrons. The predicted octanol–water partition coefficient (Wildman–Crippen LogP) is 1.24. The van der Waals surface area contributed by atoms with Crippen molar-refractivity contribution in [3.63, 3.8) is 0 Å². The molecule has 0 saturated carbocycles. The summed E-state index contributed by atoms with van der Waals surface area (Å²) >= 11 is 0. The smallest absolute Gasteiger partial charge is 0.257 e. The van der Waals surface area contributed by atoms with Gasteiger partial charge in [-0.1, -0.05) is 12.1 Å². The molecule has 0 N–H and O–H groups in total. The quantitative estimate of drug-likeness (QED) is 0.822. The summed E-state index contributed by atoms with van der Waals surface area (Å²) in [4.78, 5) is 27.9. The molecule has 0 spiro atoms. The second-order valence-corrected chi connectivity index (χ2v) is 5.72. The van der Waals surface area contributed by atoms with Crippen LogP contribution in [0.3, 0.4) is 0 Å². The number of nitrogens with zero attached hydrogens (tertiary/aromatic N) is 2. The second kappa shape index (κ2) is 6.62. The summed E-state index contributed by atoms with van der Waals surface area (Å²) in [7, 11) is 0. The van der Waals surface area contributed by atoms with E-state index in [1.807, 2.05) is 0 Å². The lowest BCUT2D eigenvalue weighted by Gasteiger charge is -2.32. The molecule has 1 aromatic carbocycles. The Labute approximate surface area is 132 Å². The highest BCUT2D eigenvalue weighted by Gasteiger charge is 2.42. The molecule has 23 heavy (non-hydrogen) atoms. The minimum absolute atomic E-state index is 0.0453. The fourth-order valence-electron chi connectivity index (χ4n) is 3.03. The van der Waals surface area contributed by atoms with Gasteiger partial charge in [0.1, 0.15) is 18.0 Å². The van der Waals surface area contributed by atoms with Crippen molar-refractivity contribution in [1.82, 2.24) is 9.80 Å². The maximum atomic E-state index is 13.8. The monoisotopic (exact) mass is 324 g/mol. The maximum absolute atomic E-state index is 13.8. The number of carbonyl (C=O) groups excluding carboxylic acids is 2. The van der Waals surface area contributed by atoms with Gasteiger partial charge in [-0.25, -0.2) is 8.78 Å². The number of carbonyl (C=O) groups is 2. The molecule has 2 amide bonds. The Balaban J connectivity index is 1.80. The van der Waals surface area contributed by atoms with Gasteiger partial charge >= 0.3 is 0 Å². The van der Waals surface area contributed by atoms with Gasteiger partial charge in [-0.2, -0.15) is 0 Å². The molecule has 3 rings (SSSR count). The number of amides is 2. The zero-order chi connectivity index (χ0) is 16.4. The molecule has 7 heteroatoms. The van der Waals surface area contributed by atoms with Crippen LogP contribution >= 0.6 is 0 Å². The van der Waals surface area contributed by atoms with E-state index in [1.165, 1.54) is 24.3 Å². The highest BCUT2D eigenvalue weighted by molar-refractivity contribution is 5.98. The topological polar surface area (TPSA) is 49.9 Å². The van der Waals surface area contributed by atoms with Crippen LogP contribution in [0.5, 0.6) is 0 Å². The summed E-state index contributed by atoms with van der Waals surface area (Å²) in [6, 6.07) is 4.66. The number of rotatable bonds is 2. The molecule has 0 unspecified atom stereocenters. The van der Waals surface area contributed by atoms with Crippen LogP contribution in [0.25, 0.3) is 0 Å². The number of hydrogen-bond donors (Lipinski definition) is 0. The Morgan fingerprint density at radius 1 is 1.17 bits per heavy atom. The van der Waals surface area contributed by atoms with Gasteiger partial charge < -0.3 is 14.5 Å². The van der Waals surface area contributed by atoms with E-state index in [0.29, 0.717) is 26.3 Å². The lowest BCUT2D eigenvalue weighted by Crippen LogP contribution is -2.51. The van der Waals surface area contributed by atoms with Crippen molar-refractivity contribution < 1.29 is 23.1 Å². The molecular weight excluding hydrogens is 306 g/mol. The van der Waals surface area contributed by atoms with Crippen LogP contribution in [0.15, 0.2) is 24.3 Å². The van der Waals surface area contributed by atoms with Gasteiger partial charge in [-0.15, -0.1) is 0 Å². The van der Waals surface area contributed by atoms with E-state index in [0.717, 1.165) is 4.90 Å². The Bertz CT molecular complexity index is 605. The zero-order valence-electron chi connectivity index (χ0n) is 12.6. The van der Waals surface area contributed by atoms with Crippen LogP contribution in [0, 0.1) is 5.82 Å². The highest BCUT2D eigenvalue weighted by Crippen LogP contribution is 2.25. The first-order valence-corrected chi connectivity index (χ1v) is 7.64. The van der Waals surface area contributed by atoms with Gasteiger partial charge in [0.15, 0.2) is 0 Å². The first-order valence-electron chi connectivity index (χ1n) is 7.64. The summed E-state index contributed by atoms with van der Waals surface area (Å²) in [5.74, 6) is -1.61. The zero-order valence-corrected chi connectivity index (χ0v) is 12.6. The minimum Gasteiger partial charge on any atom is -0.378 e. The van der Waals surface area contributed by atoms with Gasteiger partial charge in [0.2, 0.25) is 5.91 Å². The lowest BCUT2D eigenvalue weighted by atomic mass is 10.1. The van der Waals surface area contributed by atoms with Crippen LogP contribution in [-0.4, -0.2) is 66.7 Å². The van der Waals surface area contributed by atoms with Crippen LogP contribution < -0.4 is 0 Å². The van der Waals surface area contributed by atoms with Gasteiger partial charge in [0.25, 0.3) is 5.91 Å². The highest BCUT2D eigenvalue weighted by atomic mass is 19.1. The average molecular weight is 324 g/mol. The van der Waals surface area contributed by atoms with Crippen molar-refractivity contribution in [1.29, 1.82) is 0 Å². The first kappa shape index (κ1) is 15.9. The Hall–Kier alpha value is -2.02. The molecule has 2 fully saturated rings. The molecule has 0 aromatic heterocycles. The molecule has 2 atom stereocenters. The third-order valence-electron chi connectivity index (χ3n) is 4.22. The SMILES string of the molecule is O=C([C@@H]1C[C@@H](F)CN1C(=O)c1ccccc1F)N1CCOCC1. The first-order chi connectivity index (χ1) is 11.1. The third-order valence-corrected chi connectivity index (χ3v) is 4.22. The lowest BCUT2D eigenvalue weighted by molar-refractivity contribution is -0.139. The molecule has 2 aliphatic rings. The molecule has 0 aliphatic carbocycles. The summed E-state index contributed by atoms with van der Waals surface area (Å²) in [5, 5.41) is 0. The van der Waals surface area contributed by atoms with Crippen LogP contribution in [0.1, 0.15) is 16.8 Å². The Morgan fingerprint density at radius 3 is 2.57 bits per heavy atom. The van der Waals surface area contributed by atoms with Crippen molar-refractivity contribution in [2.75, 3.05) is 32.8 Å². The van der Waals surface area contributed by atoms with Crippen LogP contribution in [0.2, 0.25) is 0 Å². The van der Waals surface area contributed by atoms with Crippen LogP contribution in [0.4, 0.5) is 8.78 Å². The molecule has 0 bridgehead atoms. The average Bonchev–Trinajstić information content (AvgIpc) is 2.96. The number of alkyl halides is 1. The summed E-state index contributed by atoms with van der Waals surface area (Å²) in [5.41, 5.74) is -0.138. The fourth-order valence-corrected chi connectivity index (χ4v) is 3.03. The van der Waals surface area contributed by atoms with Crippen molar-refractivity contribution in [2.45, 2.75) is 18.6 Å². The number of hydrogen-bond acceptors (Lipinski definition) is 3.